The van der Waals surface area contributed by atoms with Gasteiger partial charge in [0.2, 0.25) is 10.0 Å². The molecule has 1 aliphatic carbocycles. The molecule has 2 rings (SSSR count). The van der Waals surface area contributed by atoms with Crippen LogP contribution in [0.1, 0.15) is 28.8 Å². The number of sulfonamides is 1. The lowest BCUT2D eigenvalue weighted by molar-refractivity contribution is 0.0453. The van der Waals surface area contributed by atoms with Gasteiger partial charge in [0, 0.05) is 6.54 Å². The molecule has 1 fully saturated rings. The molecule has 1 aliphatic rings. The number of hydrogen-bond acceptors (Lipinski definition) is 4. The predicted octanol–water partition coefficient (Wildman–Crippen LogP) is 0.575. The Morgan fingerprint density at radius 1 is 1.25 bits per heavy atom. The van der Waals surface area contributed by atoms with E-state index in [1.54, 1.807) is 0 Å². The molecule has 0 radical (unpaired) electrons. The van der Waals surface area contributed by atoms with Gasteiger partial charge >= 0.3 is 5.97 Å². The number of carboxylic acid groups (broad SMARTS) is 1. The van der Waals surface area contributed by atoms with Gasteiger partial charge in [-0.25, -0.2) is 17.9 Å². The number of hydrogen-bond donors (Lipinski definition) is 3. The number of aliphatic hydroxyl groups excluding tert-OH is 1. The zero-order chi connectivity index (χ0) is 14.8. The molecule has 0 unspecified atom stereocenters. The quantitative estimate of drug-likeness (QED) is 0.712. The van der Waals surface area contributed by atoms with Crippen LogP contribution >= 0.6 is 0 Å². The summed E-state index contributed by atoms with van der Waals surface area (Å²) < 4.78 is 26.2. The van der Waals surface area contributed by atoms with E-state index < -0.39 is 16.0 Å². The molecule has 1 aromatic carbocycles. The van der Waals surface area contributed by atoms with Gasteiger partial charge in [-0.05, 0) is 36.5 Å². The lowest BCUT2D eigenvalue weighted by atomic mass is 9.83. The topological polar surface area (TPSA) is 104 Å². The first-order chi connectivity index (χ1) is 9.35. The Labute approximate surface area is 117 Å². The zero-order valence-electron chi connectivity index (χ0n) is 10.8. The maximum atomic E-state index is 11.9. The fourth-order valence-corrected chi connectivity index (χ4v) is 3.35. The summed E-state index contributed by atoms with van der Waals surface area (Å²) in [7, 11) is -3.44. The van der Waals surface area contributed by atoms with Crippen molar-refractivity contribution < 1.29 is 23.4 Å². The lowest BCUT2D eigenvalue weighted by Crippen LogP contribution is -2.38. The monoisotopic (exact) mass is 299 g/mol. The number of rotatable bonds is 6. The third-order valence-corrected chi connectivity index (χ3v) is 4.68. The lowest BCUT2D eigenvalue weighted by Gasteiger charge is -2.31. The van der Waals surface area contributed by atoms with Crippen LogP contribution in [0.15, 0.2) is 24.3 Å². The summed E-state index contributed by atoms with van der Waals surface area (Å²) in [5, 5.41) is 17.9. The van der Waals surface area contributed by atoms with E-state index in [9.17, 15) is 13.2 Å². The minimum atomic E-state index is -3.44. The zero-order valence-corrected chi connectivity index (χ0v) is 11.6. The van der Waals surface area contributed by atoms with Crippen LogP contribution in [0.5, 0.6) is 0 Å². The second-order valence-electron chi connectivity index (χ2n) is 5.10. The van der Waals surface area contributed by atoms with E-state index >= 15 is 0 Å². The van der Waals surface area contributed by atoms with Gasteiger partial charge < -0.3 is 10.2 Å². The number of carboxylic acids is 1. The van der Waals surface area contributed by atoms with E-state index in [-0.39, 0.29) is 23.3 Å². The molecule has 0 aliphatic heterocycles. The van der Waals surface area contributed by atoms with Gasteiger partial charge in [-0.15, -0.1) is 0 Å². The van der Waals surface area contributed by atoms with Crippen LogP contribution < -0.4 is 4.72 Å². The first kappa shape index (κ1) is 15.0. The maximum Gasteiger partial charge on any atom is 0.335 e. The van der Waals surface area contributed by atoms with Crippen LogP contribution in [0.3, 0.4) is 0 Å². The fourth-order valence-electron chi connectivity index (χ4n) is 2.13. The van der Waals surface area contributed by atoms with Crippen molar-refractivity contribution in [2.45, 2.75) is 24.7 Å². The van der Waals surface area contributed by atoms with E-state index in [2.05, 4.69) is 4.72 Å². The number of nitrogens with one attached hydrogen (secondary N) is 1. The van der Waals surface area contributed by atoms with Gasteiger partial charge in [0.15, 0.2) is 0 Å². The highest BCUT2D eigenvalue weighted by Crippen LogP contribution is 2.26. The average Bonchev–Trinajstić information content (AvgIpc) is 2.33. The van der Waals surface area contributed by atoms with E-state index in [4.69, 9.17) is 10.2 Å². The molecule has 1 aromatic rings. The second-order valence-corrected chi connectivity index (χ2v) is 6.91. The summed E-state index contributed by atoms with van der Waals surface area (Å²) in [4.78, 5) is 10.7. The van der Waals surface area contributed by atoms with Crippen molar-refractivity contribution in [2.75, 3.05) is 6.54 Å². The molecule has 3 N–H and O–H groups in total. The average molecular weight is 299 g/mol. The van der Waals surface area contributed by atoms with Crippen molar-refractivity contribution in [2.24, 2.45) is 5.92 Å². The second kappa shape index (κ2) is 5.90. The van der Waals surface area contributed by atoms with E-state index in [0.717, 1.165) is 0 Å². The van der Waals surface area contributed by atoms with Crippen LogP contribution in [0.4, 0.5) is 0 Å². The van der Waals surface area contributed by atoms with Crippen LogP contribution in [0, 0.1) is 5.92 Å². The van der Waals surface area contributed by atoms with Crippen LogP contribution in [-0.2, 0) is 15.8 Å². The molecule has 20 heavy (non-hydrogen) atoms. The smallest absolute Gasteiger partial charge is 0.335 e. The van der Waals surface area contributed by atoms with Gasteiger partial charge in [-0.2, -0.15) is 0 Å². The van der Waals surface area contributed by atoms with Gasteiger partial charge in [0.25, 0.3) is 0 Å². The predicted molar refractivity (Wildman–Crippen MR) is 72.8 cm³/mol. The molecule has 0 amide bonds. The molecule has 0 bridgehead atoms. The first-order valence-corrected chi connectivity index (χ1v) is 7.98. The van der Waals surface area contributed by atoms with Crippen molar-refractivity contribution >= 4 is 16.0 Å². The third-order valence-electron chi connectivity index (χ3n) is 3.36. The molecule has 6 nitrogen and oxygen atoms in total. The summed E-state index contributed by atoms with van der Waals surface area (Å²) in [6, 6.07) is 5.76. The molecule has 0 atom stereocenters. The largest absolute Gasteiger partial charge is 0.478 e. The molecule has 0 aromatic heterocycles. The van der Waals surface area contributed by atoms with Gasteiger partial charge in [0.05, 0.1) is 17.4 Å². The highest BCUT2D eigenvalue weighted by molar-refractivity contribution is 7.88. The third kappa shape index (κ3) is 4.03. The van der Waals surface area contributed by atoms with Gasteiger partial charge in [0.1, 0.15) is 0 Å². The number of benzene rings is 1. The summed E-state index contributed by atoms with van der Waals surface area (Å²) in [6.07, 6.45) is 0.971. The Balaban J connectivity index is 1.88. The molecule has 7 heteroatoms. The minimum Gasteiger partial charge on any atom is -0.478 e. The van der Waals surface area contributed by atoms with Gasteiger partial charge in [-0.1, -0.05) is 12.1 Å². The normalized spacial score (nSPS) is 22.2. The van der Waals surface area contributed by atoms with Crippen molar-refractivity contribution in [3.63, 3.8) is 0 Å². The van der Waals surface area contributed by atoms with E-state index in [1.807, 2.05) is 0 Å². The highest BCUT2D eigenvalue weighted by Gasteiger charge is 2.28. The number of aromatic carboxylic acids is 1. The highest BCUT2D eigenvalue weighted by atomic mass is 32.2. The Bertz CT molecular complexity index is 575. The summed E-state index contributed by atoms with van der Waals surface area (Å²) in [6.45, 7) is 0.340. The van der Waals surface area contributed by atoms with Crippen molar-refractivity contribution in [3.8, 4) is 0 Å². The molecule has 0 heterocycles. The molecule has 0 spiro atoms. The Hall–Kier alpha value is -1.44. The van der Waals surface area contributed by atoms with Crippen LogP contribution in [0.2, 0.25) is 0 Å². The van der Waals surface area contributed by atoms with Crippen molar-refractivity contribution in [1.29, 1.82) is 0 Å². The Morgan fingerprint density at radius 2 is 1.85 bits per heavy atom. The van der Waals surface area contributed by atoms with E-state index in [1.165, 1.54) is 24.3 Å². The molecular weight excluding hydrogens is 282 g/mol. The number of carbonyl (C=O) groups is 1. The van der Waals surface area contributed by atoms with E-state index in [0.29, 0.717) is 24.9 Å². The fraction of sp³-hybridized carbons (Fsp3) is 0.462. The molecular formula is C13H17NO5S. The number of aliphatic hydroxyl groups is 1. The maximum absolute atomic E-state index is 11.9. The van der Waals surface area contributed by atoms with Crippen molar-refractivity contribution in [3.05, 3.63) is 35.4 Å². The van der Waals surface area contributed by atoms with Crippen LogP contribution in [-0.4, -0.2) is 37.2 Å². The summed E-state index contributed by atoms with van der Waals surface area (Å²) >= 11 is 0. The minimum absolute atomic E-state index is 0.127. The van der Waals surface area contributed by atoms with Crippen molar-refractivity contribution in [1.82, 2.24) is 4.72 Å². The first-order valence-electron chi connectivity index (χ1n) is 6.33. The Morgan fingerprint density at radius 3 is 2.35 bits per heavy atom. The molecule has 110 valence electrons. The summed E-state index contributed by atoms with van der Waals surface area (Å²) in [5.74, 6) is -1.02. The Kier molecular flexibility index (Phi) is 4.42. The van der Waals surface area contributed by atoms with Crippen LogP contribution in [0.25, 0.3) is 0 Å². The molecule has 1 saturated carbocycles. The summed E-state index contributed by atoms with van der Waals surface area (Å²) in [5.41, 5.74) is 0.665. The SMILES string of the molecule is O=C(O)c1ccc(CS(=O)(=O)NCC2CC(O)C2)cc1. The molecule has 0 saturated heterocycles. The standard InChI is InChI=1S/C13H17NO5S/c15-12-5-10(6-12)7-14-20(18,19)8-9-1-3-11(4-2-9)13(16)17/h1-4,10,12,14-15H,5-8H2,(H,16,17). The van der Waals surface area contributed by atoms with Gasteiger partial charge in [-0.3, -0.25) is 0 Å².